The number of aromatic nitrogens is 1. The van der Waals surface area contributed by atoms with Crippen molar-refractivity contribution in [3.8, 4) is 0 Å². The minimum Gasteiger partial charge on any atom is -0.465 e. The zero-order valence-electron chi connectivity index (χ0n) is 15.9. The number of pyridine rings is 1. The van der Waals surface area contributed by atoms with Crippen LogP contribution in [0.2, 0.25) is 0 Å². The number of hydrogen-bond acceptors (Lipinski definition) is 4. The molecule has 4 rings (SSSR count). The molecule has 0 bridgehead atoms. The van der Waals surface area contributed by atoms with Crippen LogP contribution >= 0.6 is 0 Å². The maximum absolute atomic E-state index is 13.6. The summed E-state index contributed by atoms with van der Waals surface area (Å²) < 4.78 is 5.84. The molecule has 2 heterocycles. The first-order valence-corrected chi connectivity index (χ1v) is 10.0. The van der Waals surface area contributed by atoms with E-state index in [0.29, 0.717) is 35.6 Å². The number of carbonyl (C=O) groups is 2. The van der Waals surface area contributed by atoms with Gasteiger partial charge in [0.1, 0.15) is 11.5 Å². The summed E-state index contributed by atoms with van der Waals surface area (Å²) in [6, 6.07) is 4.10. The van der Waals surface area contributed by atoms with Gasteiger partial charge in [-0.25, -0.2) is 0 Å². The van der Waals surface area contributed by atoms with E-state index in [1.54, 1.807) is 6.20 Å². The monoisotopic (exact) mass is 366 g/mol. The van der Waals surface area contributed by atoms with Crippen molar-refractivity contribution in [3.05, 3.63) is 52.7 Å². The van der Waals surface area contributed by atoms with Crippen LogP contribution in [-0.4, -0.2) is 27.6 Å². The largest absolute Gasteiger partial charge is 0.465 e. The molecule has 0 saturated heterocycles. The Morgan fingerprint density at radius 1 is 1.22 bits per heavy atom. The van der Waals surface area contributed by atoms with E-state index in [-0.39, 0.29) is 17.7 Å². The summed E-state index contributed by atoms with van der Waals surface area (Å²) >= 11 is 0. The van der Waals surface area contributed by atoms with Crippen LogP contribution in [0.5, 0.6) is 0 Å². The summed E-state index contributed by atoms with van der Waals surface area (Å²) in [5.41, 5.74) is 2.04. The molecule has 0 radical (unpaired) electrons. The molecule has 5 nitrogen and oxygen atoms in total. The van der Waals surface area contributed by atoms with Gasteiger partial charge in [-0.05, 0) is 37.8 Å². The van der Waals surface area contributed by atoms with E-state index in [1.165, 1.54) is 6.42 Å². The van der Waals surface area contributed by atoms with Gasteiger partial charge in [-0.15, -0.1) is 0 Å². The molecule has 142 valence electrons. The molecule has 2 aromatic rings. The number of Topliss-reactive ketones (excluding diaryl/α,β-unsaturated/α-hetero) is 1. The number of carbonyl (C=O) groups excluding carboxylic acids is 2. The Morgan fingerprint density at radius 3 is 2.78 bits per heavy atom. The molecule has 27 heavy (non-hydrogen) atoms. The summed E-state index contributed by atoms with van der Waals surface area (Å²) in [6.45, 7) is 2.33. The first-order valence-electron chi connectivity index (χ1n) is 10.0. The van der Waals surface area contributed by atoms with Crippen molar-refractivity contribution in [2.75, 3.05) is 0 Å². The predicted molar refractivity (Wildman–Crippen MR) is 102 cm³/mol. The summed E-state index contributed by atoms with van der Waals surface area (Å²) in [5, 5.41) is 0. The highest BCUT2D eigenvalue weighted by Crippen LogP contribution is 2.33. The summed E-state index contributed by atoms with van der Waals surface area (Å²) in [7, 11) is 0. The smallest absolute Gasteiger partial charge is 0.258 e. The van der Waals surface area contributed by atoms with Gasteiger partial charge >= 0.3 is 0 Å². The third-order valence-corrected chi connectivity index (χ3v) is 5.81. The number of ketones is 1. The minimum atomic E-state index is -0.0662. The molecule has 1 amide bonds. The van der Waals surface area contributed by atoms with E-state index < -0.39 is 0 Å². The molecule has 5 heteroatoms. The molecule has 0 aromatic carbocycles. The van der Waals surface area contributed by atoms with Crippen LogP contribution < -0.4 is 0 Å². The maximum atomic E-state index is 13.6. The van der Waals surface area contributed by atoms with E-state index in [2.05, 4.69) is 4.98 Å². The second-order valence-electron chi connectivity index (χ2n) is 7.69. The van der Waals surface area contributed by atoms with Gasteiger partial charge in [0.25, 0.3) is 5.91 Å². The van der Waals surface area contributed by atoms with Crippen molar-refractivity contribution >= 4 is 11.7 Å². The molecule has 2 aliphatic carbocycles. The zero-order valence-corrected chi connectivity index (χ0v) is 15.9. The molecule has 0 aliphatic heterocycles. The second kappa shape index (κ2) is 7.67. The topological polar surface area (TPSA) is 63.4 Å². The van der Waals surface area contributed by atoms with Crippen LogP contribution in [0.3, 0.4) is 0 Å². The second-order valence-corrected chi connectivity index (χ2v) is 7.69. The fourth-order valence-electron chi connectivity index (χ4n) is 4.46. The van der Waals surface area contributed by atoms with Gasteiger partial charge in [0, 0.05) is 37.8 Å². The lowest BCUT2D eigenvalue weighted by Gasteiger charge is -2.34. The number of nitrogens with zero attached hydrogens (tertiary/aromatic N) is 2. The highest BCUT2D eigenvalue weighted by molar-refractivity contribution is 6.10. The summed E-state index contributed by atoms with van der Waals surface area (Å²) in [4.78, 5) is 32.3. The standard InChI is InChI=1S/C22H26N2O3/c1-15-20(21-18(25)10-5-11-19(21)27-15)22(26)24(17-8-3-2-4-9-17)14-16-7-6-12-23-13-16/h6-7,12-13,17H,2-5,8-11,14H2,1H3. The third kappa shape index (κ3) is 3.55. The highest BCUT2D eigenvalue weighted by Gasteiger charge is 2.35. The van der Waals surface area contributed by atoms with Crippen molar-refractivity contribution in [2.45, 2.75) is 70.9 Å². The first kappa shape index (κ1) is 18.0. The molecule has 1 saturated carbocycles. The van der Waals surface area contributed by atoms with Gasteiger partial charge in [0.2, 0.25) is 0 Å². The van der Waals surface area contributed by atoms with Crippen LogP contribution in [0.15, 0.2) is 28.9 Å². The predicted octanol–water partition coefficient (Wildman–Crippen LogP) is 4.48. The average molecular weight is 366 g/mol. The zero-order chi connectivity index (χ0) is 18.8. The minimum absolute atomic E-state index is 0.0430. The van der Waals surface area contributed by atoms with Gasteiger partial charge in [-0.2, -0.15) is 0 Å². The highest BCUT2D eigenvalue weighted by atomic mass is 16.3. The maximum Gasteiger partial charge on any atom is 0.258 e. The van der Waals surface area contributed by atoms with Crippen molar-refractivity contribution in [1.29, 1.82) is 0 Å². The van der Waals surface area contributed by atoms with E-state index in [9.17, 15) is 9.59 Å². The Labute approximate surface area is 159 Å². The number of fused-ring (bicyclic) bond motifs is 1. The van der Waals surface area contributed by atoms with Crippen molar-refractivity contribution in [3.63, 3.8) is 0 Å². The first-order chi connectivity index (χ1) is 13.1. The molecule has 0 spiro atoms. The van der Waals surface area contributed by atoms with Crippen molar-refractivity contribution in [2.24, 2.45) is 0 Å². The normalized spacial score (nSPS) is 17.6. The van der Waals surface area contributed by atoms with Crippen molar-refractivity contribution < 1.29 is 14.0 Å². The van der Waals surface area contributed by atoms with Gasteiger partial charge in [0.05, 0.1) is 11.1 Å². The summed E-state index contributed by atoms with van der Waals surface area (Å²) in [5.74, 6) is 1.24. The molecule has 2 aromatic heterocycles. The number of furan rings is 1. The van der Waals surface area contributed by atoms with Gasteiger partial charge < -0.3 is 9.32 Å². The Balaban J connectivity index is 1.70. The number of amides is 1. The van der Waals surface area contributed by atoms with Crippen molar-refractivity contribution in [1.82, 2.24) is 9.88 Å². The molecule has 0 unspecified atom stereocenters. The van der Waals surface area contributed by atoms with Gasteiger partial charge in [0.15, 0.2) is 5.78 Å². The van der Waals surface area contributed by atoms with Crippen LogP contribution in [0.4, 0.5) is 0 Å². The Hall–Kier alpha value is -2.43. The Morgan fingerprint density at radius 2 is 2.04 bits per heavy atom. The third-order valence-electron chi connectivity index (χ3n) is 5.81. The van der Waals surface area contributed by atoms with Crippen LogP contribution in [0.1, 0.15) is 82.7 Å². The Bertz CT molecular complexity index is 835. The number of rotatable bonds is 4. The molecule has 1 fully saturated rings. The molecule has 0 N–H and O–H groups in total. The molecular weight excluding hydrogens is 340 g/mol. The lowest BCUT2D eigenvalue weighted by molar-refractivity contribution is 0.0609. The molecule has 0 atom stereocenters. The van der Waals surface area contributed by atoms with E-state index in [0.717, 1.165) is 44.1 Å². The fraction of sp³-hybridized carbons (Fsp3) is 0.500. The lowest BCUT2D eigenvalue weighted by atomic mass is 9.90. The lowest BCUT2D eigenvalue weighted by Crippen LogP contribution is -2.41. The fourth-order valence-corrected chi connectivity index (χ4v) is 4.46. The van der Waals surface area contributed by atoms with Crippen LogP contribution in [0.25, 0.3) is 0 Å². The Kier molecular flexibility index (Phi) is 5.10. The van der Waals surface area contributed by atoms with Crippen LogP contribution in [0, 0.1) is 6.92 Å². The SMILES string of the molecule is Cc1oc2c(c1C(=O)N(Cc1cccnc1)C1CCCCC1)C(=O)CCC2. The summed E-state index contributed by atoms with van der Waals surface area (Å²) in [6.07, 6.45) is 11.1. The van der Waals surface area contributed by atoms with Gasteiger partial charge in [-0.1, -0.05) is 25.3 Å². The number of aryl methyl sites for hydroxylation is 2. The van der Waals surface area contributed by atoms with Crippen LogP contribution in [-0.2, 0) is 13.0 Å². The van der Waals surface area contributed by atoms with E-state index in [4.69, 9.17) is 4.42 Å². The quantitative estimate of drug-likeness (QED) is 0.800. The molecule has 2 aliphatic rings. The van der Waals surface area contributed by atoms with E-state index >= 15 is 0 Å². The number of hydrogen-bond donors (Lipinski definition) is 0. The van der Waals surface area contributed by atoms with Gasteiger partial charge in [-0.3, -0.25) is 14.6 Å². The molecular formula is C22H26N2O3. The average Bonchev–Trinajstić information content (AvgIpc) is 3.04. The van der Waals surface area contributed by atoms with E-state index in [1.807, 2.05) is 30.2 Å².